The molecular formula is C9H9BrN4O3S2. The summed E-state index contributed by atoms with van der Waals surface area (Å²) in [5.74, 6) is -0.541. The molecule has 1 amide bonds. The van der Waals surface area contributed by atoms with E-state index in [1.807, 2.05) is 0 Å². The Morgan fingerprint density at radius 3 is 2.79 bits per heavy atom. The Kier molecular flexibility index (Phi) is 3.76. The first-order valence-corrected chi connectivity index (χ1v) is 8.11. The average molecular weight is 365 g/mol. The van der Waals surface area contributed by atoms with Gasteiger partial charge in [0.2, 0.25) is 10.0 Å². The van der Waals surface area contributed by atoms with E-state index in [4.69, 9.17) is 5.14 Å². The number of hydrogen-bond acceptors (Lipinski definition) is 5. The lowest BCUT2D eigenvalue weighted by atomic mass is 10.4. The second kappa shape index (κ2) is 5.04. The second-order valence-corrected chi connectivity index (χ2v) is 6.91. The second-order valence-electron chi connectivity index (χ2n) is 3.61. The predicted molar refractivity (Wildman–Crippen MR) is 74.6 cm³/mol. The third-order valence-electron chi connectivity index (χ3n) is 2.16. The van der Waals surface area contributed by atoms with Gasteiger partial charge in [-0.25, -0.2) is 13.6 Å². The minimum absolute atomic E-state index is 0.0877. The van der Waals surface area contributed by atoms with Crippen LogP contribution in [0.25, 0.3) is 0 Å². The van der Waals surface area contributed by atoms with Gasteiger partial charge in [-0.2, -0.15) is 5.10 Å². The van der Waals surface area contributed by atoms with E-state index in [2.05, 4.69) is 26.3 Å². The molecule has 0 radical (unpaired) electrons. The first kappa shape index (κ1) is 14.2. The van der Waals surface area contributed by atoms with Gasteiger partial charge in [-0.1, -0.05) is 0 Å². The molecule has 0 aliphatic carbocycles. The fourth-order valence-corrected chi connectivity index (χ4v) is 3.49. The zero-order valence-electron chi connectivity index (χ0n) is 9.62. The molecule has 2 aromatic rings. The van der Waals surface area contributed by atoms with E-state index in [0.717, 1.165) is 0 Å². The number of thiophene rings is 1. The van der Waals surface area contributed by atoms with Gasteiger partial charge in [-0.3, -0.25) is 9.48 Å². The van der Waals surface area contributed by atoms with Crippen molar-refractivity contribution in [3.8, 4) is 0 Å². The minimum atomic E-state index is -3.94. The normalized spacial score (nSPS) is 11.5. The Morgan fingerprint density at radius 2 is 2.26 bits per heavy atom. The van der Waals surface area contributed by atoms with E-state index in [1.165, 1.54) is 29.3 Å². The van der Waals surface area contributed by atoms with Crippen LogP contribution < -0.4 is 10.5 Å². The van der Waals surface area contributed by atoms with Gasteiger partial charge in [0.05, 0.1) is 0 Å². The van der Waals surface area contributed by atoms with Gasteiger partial charge in [-0.15, -0.1) is 11.3 Å². The van der Waals surface area contributed by atoms with Crippen molar-refractivity contribution in [3.63, 3.8) is 0 Å². The van der Waals surface area contributed by atoms with Gasteiger partial charge in [0.1, 0.15) is 9.77 Å². The van der Waals surface area contributed by atoms with Gasteiger partial charge < -0.3 is 5.32 Å². The van der Waals surface area contributed by atoms with Gasteiger partial charge in [0.15, 0.2) is 5.82 Å². The number of aryl methyl sites for hydroxylation is 1. The molecular weight excluding hydrogens is 356 g/mol. The van der Waals surface area contributed by atoms with E-state index in [0.29, 0.717) is 9.35 Å². The molecule has 102 valence electrons. The Bertz CT molecular complexity index is 734. The van der Waals surface area contributed by atoms with Crippen molar-refractivity contribution in [1.82, 2.24) is 9.78 Å². The summed E-state index contributed by atoms with van der Waals surface area (Å²) in [5, 5.41) is 13.1. The minimum Gasteiger partial charge on any atom is -0.303 e. The molecule has 0 aliphatic rings. The maximum atomic E-state index is 12.0. The number of nitrogens with two attached hydrogens (primary N) is 1. The van der Waals surface area contributed by atoms with Crippen molar-refractivity contribution in [1.29, 1.82) is 0 Å². The van der Waals surface area contributed by atoms with Crippen molar-refractivity contribution in [2.75, 3.05) is 5.32 Å². The molecule has 19 heavy (non-hydrogen) atoms. The third-order valence-corrected chi connectivity index (χ3v) is 4.91. The molecule has 0 spiro atoms. The van der Waals surface area contributed by atoms with Crippen LogP contribution in [-0.2, 0) is 17.1 Å². The summed E-state index contributed by atoms with van der Waals surface area (Å²) >= 11 is 4.45. The SMILES string of the molecule is Cn1cc(S(N)(=O)=O)c(NC(=O)c2sccc2Br)n1. The molecule has 2 aromatic heterocycles. The average Bonchev–Trinajstić information content (AvgIpc) is 2.84. The monoisotopic (exact) mass is 364 g/mol. The number of rotatable bonds is 3. The zero-order valence-corrected chi connectivity index (χ0v) is 12.8. The summed E-state index contributed by atoms with van der Waals surface area (Å²) in [4.78, 5) is 12.2. The van der Waals surface area contributed by atoms with Crippen molar-refractivity contribution in [2.24, 2.45) is 12.2 Å². The van der Waals surface area contributed by atoms with Crippen molar-refractivity contribution in [2.45, 2.75) is 4.90 Å². The largest absolute Gasteiger partial charge is 0.303 e. The first-order valence-electron chi connectivity index (χ1n) is 4.90. The molecule has 0 atom stereocenters. The smallest absolute Gasteiger partial charge is 0.268 e. The van der Waals surface area contributed by atoms with Crippen molar-refractivity contribution >= 4 is 49.0 Å². The molecule has 0 fully saturated rings. The number of carbonyl (C=O) groups is 1. The van der Waals surface area contributed by atoms with E-state index in [1.54, 1.807) is 11.4 Å². The fraction of sp³-hybridized carbons (Fsp3) is 0.111. The number of primary sulfonamides is 1. The first-order chi connectivity index (χ1) is 8.79. The van der Waals surface area contributed by atoms with E-state index in [9.17, 15) is 13.2 Å². The number of carbonyl (C=O) groups excluding carboxylic acids is 1. The maximum absolute atomic E-state index is 12.0. The topological polar surface area (TPSA) is 107 Å². The molecule has 2 heterocycles. The lowest BCUT2D eigenvalue weighted by molar-refractivity contribution is 0.102. The molecule has 0 saturated heterocycles. The van der Waals surface area contributed by atoms with Crippen LogP contribution in [0.15, 0.2) is 27.0 Å². The molecule has 0 aromatic carbocycles. The molecule has 0 unspecified atom stereocenters. The Hall–Kier alpha value is -1.23. The molecule has 7 nitrogen and oxygen atoms in total. The van der Waals surface area contributed by atoms with Crippen LogP contribution in [0.5, 0.6) is 0 Å². The number of amides is 1. The summed E-state index contributed by atoms with van der Waals surface area (Å²) in [5.41, 5.74) is 0. The number of sulfonamides is 1. The number of anilines is 1. The van der Waals surface area contributed by atoms with Crippen LogP contribution >= 0.6 is 27.3 Å². The van der Waals surface area contributed by atoms with Crippen molar-refractivity contribution in [3.05, 3.63) is 27.0 Å². The highest BCUT2D eigenvalue weighted by Crippen LogP contribution is 2.25. The summed E-state index contributed by atoms with van der Waals surface area (Å²) in [6, 6.07) is 1.72. The van der Waals surface area contributed by atoms with Gasteiger partial charge in [0.25, 0.3) is 5.91 Å². The van der Waals surface area contributed by atoms with E-state index >= 15 is 0 Å². The lowest BCUT2D eigenvalue weighted by Crippen LogP contribution is -2.17. The maximum Gasteiger partial charge on any atom is 0.268 e. The Balaban J connectivity index is 2.35. The summed E-state index contributed by atoms with van der Waals surface area (Å²) in [7, 11) is -2.41. The number of hydrogen-bond donors (Lipinski definition) is 2. The quantitative estimate of drug-likeness (QED) is 0.851. The summed E-state index contributed by atoms with van der Waals surface area (Å²) < 4.78 is 24.6. The lowest BCUT2D eigenvalue weighted by Gasteiger charge is -2.02. The highest BCUT2D eigenvalue weighted by molar-refractivity contribution is 9.10. The van der Waals surface area contributed by atoms with Crippen LogP contribution in [0.3, 0.4) is 0 Å². The number of aromatic nitrogens is 2. The van der Waals surface area contributed by atoms with Crippen LogP contribution in [0, 0.1) is 0 Å². The molecule has 10 heteroatoms. The summed E-state index contributed by atoms with van der Waals surface area (Å²) in [6.45, 7) is 0. The predicted octanol–water partition coefficient (Wildman–Crippen LogP) is 1.14. The Labute approximate surface area is 121 Å². The number of nitrogens with zero attached hydrogens (tertiary/aromatic N) is 2. The molecule has 3 N–H and O–H groups in total. The Morgan fingerprint density at radius 1 is 1.58 bits per heavy atom. The van der Waals surface area contributed by atoms with Gasteiger partial charge in [-0.05, 0) is 27.4 Å². The molecule has 0 saturated carbocycles. The number of nitrogens with one attached hydrogen (secondary N) is 1. The van der Waals surface area contributed by atoms with Gasteiger partial charge >= 0.3 is 0 Å². The molecule has 2 rings (SSSR count). The molecule has 0 bridgehead atoms. The number of halogens is 1. The molecule has 0 aliphatic heterocycles. The van der Waals surface area contributed by atoms with Crippen LogP contribution in [0.2, 0.25) is 0 Å². The fourth-order valence-electron chi connectivity index (χ4n) is 1.38. The van der Waals surface area contributed by atoms with Crippen LogP contribution in [0.1, 0.15) is 9.67 Å². The highest BCUT2D eigenvalue weighted by atomic mass is 79.9. The highest BCUT2D eigenvalue weighted by Gasteiger charge is 2.21. The van der Waals surface area contributed by atoms with Crippen LogP contribution in [0.4, 0.5) is 5.82 Å². The van der Waals surface area contributed by atoms with Crippen LogP contribution in [-0.4, -0.2) is 24.1 Å². The van der Waals surface area contributed by atoms with Gasteiger partial charge in [0, 0.05) is 17.7 Å². The standard InChI is InChI=1S/C9H9BrN4O3S2/c1-14-4-6(19(11,16)17)8(13-14)12-9(15)7-5(10)2-3-18-7/h2-4H,1H3,(H2,11,16,17)(H,12,13,15). The summed E-state index contributed by atoms with van der Waals surface area (Å²) in [6.07, 6.45) is 1.23. The zero-order chi connectivity index (χ0) is 14.2. The van der Waals surface area contributed by atoms with Crippen molar-refractivity contribution < 1.29 is 13.2 Å². The van der Waals surface area contributed by atoms with E-state index < -0.39 is 15.9 Å². The third kappa shape index (κ3) is 3.03. The van der Waals surface area contributed by atoms with E-state index in [-0.39, 0.29) is 10.7 Å².